The third-order valence-corrected chi connectivity index (χ3v) is 4.86. The topological polar surface area (TPSA) is 77.9 Å². The number of hydrogen-bond donors (Lipinski definition) is 2. The summed E-state index contributed by atoms with van der Waals surface area (Å²) in [5.74, 6) is 0.942. The molecule has 3 rings (SSSR count). The van der Waals surface area contributed by atoms with Crippen molar-refractivity contribution < 1.29 is 14.6 Å². The van der Waals surface area contributed by atoms with Crippen LogP contribution >= 0.6 is 0 Å². The molecular weight excluding hydrogens is 332 g/mol. The molecule has 0 bridgehead atoms. The molecule has 7 nitrogen and oxygen atoms in total. The predicted molar refractivity (Wildman–Crippen MR) is 102 cm³/mol. The van der Waals surface area contributed by atoms with E-state index in [-0.39, 0.29) is 12.1 Å². The molecule has 0 spiro atoms. The van der Waals surface area contributed by atoms with E-state index in [0.29, 0.717) is 19.6 Å². The van der Waals surface area contributed by atoms with Crippen molar-refractivity contribution in [3.63, 3.8) is 0 Å². The monoisotopic (exact) mass is 362 g/mol. The zero-order chi connectivity index (χ0) is 19.1. The summed E-state index contributed by atoms with van der Waals surface area (Å²) in [7, 11) is 0. The van der Waals surface area contributed by atoms with E-state index in [0.717, 1.165) is 24.5 Å². The zero-order valence-corrected chi connectivity index (χ0v) is 16.4. The lowest BCUT2D eigenvalue weighted by molar-refractivity contribution is -0.0406. The fourth-order valence-electron chi connectivity index (χ4n) is 3.63. The predicted octanol–water partition coefficient (Wildman–Crippen LogP) is 2.25. The number of pyridine rings is 1. The quantitative estimate of drug-likeness (QED) is 0.840. The van der Waals surface area contributed by atoms with Gasteiger partial charge in [0, 0.05) is 43.6 Å². The number of rotatable bonds is 2. The first-order valence-electron chi connectivity index (χ1n) is 9.25. The Labute approximate surface area is 155 Å². The molecule has 1 aromatic heterocycles. The van der Waals surface area contributed by atoms with Crippen molar-refractivity contribution in [2.75, 3.05) is 36.4 Å². The molecule has 2 aliphatic heterocycles. The van der Waals surface area contributed by atoms with Crippen LogP contribution in [0.3, 0.4) is 0 Å². The van der Waals surface area contributed by atoms with Crippen LogP contribution in [0.5, 0.6) is 0 Å². The molecule has 1 amide bonds. The molecule has 7 heteroatoms. The fraction of sp³-hybridized carbons (Fsp3) is 0.684. The highest BCUT2D eigenvalue weighted by molar-refractivity contribution is 5.70. The summed E-state index contributed by atoms with van der Waals surface area (Å²) >= 11 is 0. The van der Waals surface area contributed by atoms with Crippen molar-refractivity contribution in [1.29, 1.82) is 0 Å². The van der Waals surface area contributed by atoms with E-state index in [9.17, 15) is 9.90 Å². The molecule has 0 aromatic carbocycles. The second kappa shape index (κ2) is 6.61. The second-order valence-electron chi connectivity index (χ2n) is 8.62. The first kappa shape index (κ1) is 18.8. The van der Waals surface area contributed by atoms with Crippen molar-refractivity contribution in [2.45, 2.75) is 58.3 Å². The molecule has 1 saturated heterocycles. The Balaban J connectivity index is 1.83. The third kappa shape index (κ3) is 3.87. The van der Waals surface area contributed by atoms with E-state index in [2.05, 4.69) is 15.2 Å². The normalized spacial score (nSPS) is 20.6. The van der Waals surface area contributed by atoms with E-state index >= 15 is 0 Å². The van der Waals surface area contributed by atoms with Gasteiger partial charge in [-0.25, -0.2) is 9.78 Å². The number of hydrogen-bond acceptors (Lipinski definition) is 6. The summed E-state index contributed by atoms with van der Waals surface area (Å²) in [6, 6.07) is 1.67. The number of carbonyl (C=O) groups excluding carboxylic acids is 1. The van der Waals surface area contributed by atoms with Crippen LogP contribution in [0, 0.1) is 0 Å². The number of anilines is 2. The van der Waals surface area contributed by atoms with Gasteiger partial charge in [0.05, 0.1) is 11.6 Å². The Morgan fingerprint density at radius 1 is 1.31 bits per heavy atom. The summed E-state index contributed by atoms with van der Waals surface area (Å²) in [6.45, 7) is 11.7. The second-order valence-corrected chi connectivity index (χ2v) is 8.62. The molecule has 0 saturated carbocycles. The Hall–Kier alpha value is -2.02. The first-order valence-corrected chi connectivity index (χ1v) is 9.25. The fourth-order valence-corrected chi connectivity index (χ4v) is 3.63. The number of piperazine rings is 1. The summed E-state index contributed by atoms with van der Waals surface area (Å²) in [4.78, 5) is 21.0. The van der Waals surface area contributed by atoms with Crippen LogP contribution in [0.15, 0.2) is 12.3 Å². The van der Waals surface area contributed by atoms with Gasteiger partial charge in [0.1, 0.15) is 11.4 Å². The molecule has 0 aliphatic carbocycles. The summed E-state index contributed by atoms with van der Waals surface area (Å²) in [6.07, 6.45) is 2.38. The van der Waals surface area contributed by atoms with Crippen molar-refractivity contribution in [2.24, 2.45) is 0 Å². The molecule has 2 N–H and O–H groups in total. The van der Waals surface area contributed by atoms with Crippen LogP contribution < -0.4 is 10.2 Å². The maximum atomic E-state index is 12.7. The van der Waals surface area contributed by atoms with Gasteiger partial charge in [-0.3, -0.25) is 4.90 Å². The number of aliphatic hydroxyl groups is 1. The average molecular weight is 362 g/mol. The molecule has 2 aliphatic rings. The van der Waals surface area contributed by atoms with Crippen LogP contribution in [0.25, 0.3) is 0 Å². The molecule has 3 heterocycles. The molecule has 144 valence electrons. The number of amides is 1. The van der Waals surface area contributed by atoms with Crippen molar-refractivity contribution in [3.8, 4) is 0 Å². The number of nitrogens with zero attached hydrogens (tertiary/aromatic N) is 3. The SMILES string of the molecule is CC(C)(C)OC(=O)N1CCN(c2ccnc3c2CCN3)C[C@@H]1C(C)(C)O. The molecule has 0 radical (unpaired) electrons. The van der Waals surface area contributed by atoms with Gasteiger partial charge < -0.3 is 20.1 Å². The van der Waals surface area contributed by atoms with Gasteiger partial charge in [-0.15, -0.1) is 0 Å². The van der Waals surface area contributed by atoms with E-state index in [1.54, 1.807) is 18.7 Å². The maximum absolute atomic E-state index is 12.7. The van der Waals surface area contributed by atoms with E-state index in [4.69, 9.17) is 4.74 Å². The standard InChI is InChI=1S/C19H30N4O3/c1-18(2,3)26-17(24)23-11-10-22(12-15(23)19(4,5)25)14-7-9-21-16-13(14)6-8-20-16/h7,9,15,25H,6,8,10-12H2,1-5H3,(H,20,21)/t15-/m1/s1. The smallest absolute Gasteiger partial charge is 0.410 e. The van der Waals surface area contributed by atoms with E-state index < -0.39 is 11.2 Å². The number of fused-ring (bicyclic) bond motifs is 1. The highest BCUT2D eigenvalue weighted by atomic mass is 16.6. The molecular formula is C19H30N4O3. The van der Waals surface area contributed by atoms with Gasteiger partial charge in [-0.05, 0) is 47.1 Å². The van der Waals surface area contributed by atoms with Crippen molar-refractivity contribution >= 4 is 17.6 Å². The van der Waals surface area contributed by atoms with Gasteiger partial charge in [0.25, 0.3) is 0 Å². The van der Waals surface area contributed by atoms with E-state index in [1.807, 2.05) is 33.0 Å². The van der Waals surface area contributed by atoms with Crippen LogP contribution in [0.1, 0.15) is 40.2 Å². The van der Waals surface area contributed by atoms with Gasteiger partial charge in [-0.1, -0.05) is 0 Å². The Kier molecular flexibility index (Phi) is 4.77. The number of nitrogens with one attached hydrogen (secondary N) is 1. The highest BCUT2D eigenvalue weighted by Gasteiger charge is 2.41. The number of aromatic nitrogens is 1. The minimum atomic E-state index is -1.04. The van der Waals surface area contributed by atoms with E-state index in [1.165, 1.54) is 5.56 Å². The minimum Gasteiger partial charge on any atom is -0.444 e. The Morgan fingerprint density at radius 3 is 2.69 bits per heavy atom. The van der Waals surface area contributed by atoms with Crippen molar-refractivity contribution in [1.82, 2.24) is 9.88 Å². The van der Waals surface area contributed by atoms with Crippen LogP contribution in [0.2, 0.25) is 0 Å². The van der Waals surface area contributed by atoms with Crippen LogP contribution in [0.4, 0.5) is 16.3 Å². The number of ether oxygens (including phenoxy) is 1. The number of carbonyl (C=O) groups is 1. The maximum Gasteiger partial charge on any atom is 0.410 e. The lowest BCUT2D eigenvalue weighted by Crippen LogP contribution is -2.63. The molecule has 1 atom stereocenters. The molecule has 1 aromatic rings. The van der Waals surface area contributed by atoms with Gasteiger partial charge in [0.15, 0.2) is 0 Å². The summed E-state index contributed by atoms with van der Waals surface area (Å²) < 4.78 is 5.55. The molecule has 0 unspecified atom stereocenters. The van der Waals surface area contributed by atoms with Gasteiger partial charge in [0.2, 0.25) is 0 Å². The lowest BCUT2D eigenvalue weighted by Gasteiger charge is -2.47. The Morgan fingerprint density at radius 2 is 2.04 bits per heavy atom. The summed E-state index contributed by atoms with van der Waals surface area (Å²) in [5, 5.41) is 14.0. The average Bonchev–Trinajstić information content (AvgIpc) is 3.00. The van der Waals surface area contributed by atoms with Crippen LogP contribution in [-0.2, 0) is 11.2 Å². The third-order valence-electron chi connectivity index (χ3n) is 4.86. The zero-order valence-electron chi connectivity index (χ0n) is 16.4. The Bertz CT molecular complexity index is 678. The highest BCUT2D eigenvalue weighted by Crippen LogP contribution is 2.33. The first-order chi connectivity index (χ1) is 12.1. The summed E-state index contributed by atoms with van der Waals surface area (Å²) in [5.41, 5.74) is 0.755. The molecule has 1 fully saturated rings. The molecule has 26 heavy (non-hydrogen) atoms. The van der Waals surface area contributed by atoms with Crippen molar-refractivity contribution in [3.05, 3.63) is 17.8 Å². The van der Waals surface area contributed by atoms with Gasteiger partial charge >= 0.3 is 6.09 Å². The van der Waals surface area contributed by atoms with Crippen LogP contribution in [-0.4, -0.2) is 64.5 Å². The largest absolute Gasteiger partial charge is 0.444 e. The minimum absolute atomic E-state index is 0.357. The van der Waals surface area contributed by atoms with Gasteiger partial charge in [-0.2, -0.15) is 0 Å². The lowest BCUT2D eigenvalue weighted by atomic mass is 9.94.